The maximum absolute atomic E-state index is 6.14. The molecule has 2 nitrogen and oxygen atoms in total. The molecule has 0 fully saturated rings. The van der Waals surface area contributed by atoms with Gasteiger partial charge >= 0.3 is 0 Å². The topological polar surface area (TPSA) is 16.4 Å². The summed E-state index contributed by atoms with van der Waals surface area (Å²) in [6.07, 6.45) is 0. The third-order valence-electron chi connectivity index (χ3n) is 10.9. The van der Waals surface area contributed by atoms with Crippen molar-refractivity contribution in [1.82, 2.24) is 0 Å². The van der Waals surface area contributed by atoms with Gasteiger partial charge in [-0.3, -0.25) is 0 Å². The maximum Gasteiger partial charge on any atom is 0.135 e. The Balaban J connectivity index is 1.07. The number of fused-ring (bicyclic) bond motifs is 7. The van der Waals surface area contributed by atoms with Crippen LogP contribution < -0.4 is 4.90 Å². The lowest BCUT2D eigenvalue weighted by atomic mass is 9.95. The SMILES string of the molecule is c1cc(-c2ccc3sc4ccccc4c3c2)cc(N(c2ccc(-c3ccc4oc5ccccc5c4c3)cc2)c2ccccc2-c2cccc3ccccc23)c1. The van der Waals surface area contributed by atoms with E-state index in [0.29, 0.717) is 0 Å². The molecule has 0 aliphatic rings. The van der Waals surface area contributed by atoms with Crippen LogP contribution in [0, 0.1) is 0 Å². The zero-order valence-electron chi connectivity index (χ0n) is 29.8. The zero-order valence-corrected chi connectivity index (χ0v) is 30.6. The number of benzene rings is 9. The first-order chi connectivity index (χ1) is 27.2. The minimum Gasteiger partial charge on any atom is -0.456 e. The average molecular weight is 720 g/mol. The molecule has 11 aromatic rings. The van der Waals surface area contributed by atoms with Gasteiger partial charge in [-0.05, 0) is 105 Å². The molecule has 0 unspecified atom stereocenters. The molecule has 0 aliphatic heterocycles. The molecule has 9 aromatic carbocycles. The van der Waals surface area contributed by atoms with Crippen molar-refractivity contribution in [1.29, 1.82) is 0 Å². The second-order valence-corrected chi connectivity index (χ2v) is 15.2. The van der Waals surface area contributed by atoms with Gasteiger partial charge < -0.3 is 9.32 Å². The van der Waals surface area contributed by atoms with Crippen molar-refractivity contribution >= 4 is 81.3 Å². The van der Waals surface area contributed by atoms with Crippen molar-refractivity contribution in [2.45, 2.75) is 0 Å². The van der Waals surface area contributed by atoms with Gasteiger partial charge in [0.2, 0.25) is 0 Å². The van der Waals surface area contributed by atoms with E-state index >= 15 is 0 Å². The quantitative estimate of drug-likeness (QED) is 0.170. The molecule has 0 saturated heterocycles. The Kier molecular flexibility index (Phi) is 7.39. The van der Waals surface area contributed by atoms with Crippen molar-refractivity contribution in [3.05, 3.63) is 200 Å². The number of rotatable bonds is 6. The number of para-hydroxylation sites is 2. The first kappa shape index (κ1) is 31.6. The predicted molar refractivity (Wildman–Crippen MR) is 235 cm³/mol. The van der Waals surface area contributed by atoms with E-state index < -0.39 is 0 Å². The average Bonchev–Trinajstić information content (AvgIpc) is 3.82. The molecule has 0 bridgehead atoms. The van der Waals surface area contributed by atoms with Crippen LogP contribution in [-0.2, 0) is 0 Å². The van der Waals surface area contributed by atoms with Gasteiger partial charge in [-0.2, -0.15) is 0 Å². The van der Waals surface area contributed by atoms with E-state index in [9.17, 15) is 0 Å². The molecule has 0 radical (unpaired) electrons. The van der Waals surface area contributed by atoms with Gasteiger partial charge in [-0.15, -0.1) is 11.3 Å². The molecule has 0 spiro atoms. The van der Waals surface area contributed by atoms with E-state index in [-0.39, 0.29) is 0 Å². The molecule has 258 valence electrons. The Hall–Kier alpha value is -6.94. The Morgan fingerprint density at radius 3 is 1.89 bits per heavy atom. The van der Waals surface area contributed by atoms with Crippen molar-refractivity contribution in [3.63, 3.8) is 0 Å². The van der Waals surface area contributed by atoms with Crippen LogP contribution in [0.5, 0.6) is 0 Å². The lowest BCUT2D eigenvalue weighted by Crippen LogP contribution is -2.11. The van der Waals surface area contributed by atoms with Crippen molar-refractivity contribution in [3.8, 4) is 33.4 Å². The monoisotopic (exact) mass is 719 g/mol. The number of hydrogen-bond acceptors (Lipinski definition) is 3. The van der Waals surface area contributed by atoms with Gasteiger partial charge in [0.15, 0.2) is 0 Å². The summed E-state index contributed by atoms with van der Waals surface area (Å²) in [6, 6.07) is 72.4. The van der Waals surface area contributed by atoms with E-state index in [4.69, 9.17) is 4.42 Å². The second kappa shape index (κ2) is 12.9. The van der Waals surface area contributed by atoms with Gasteiger partial charge in [0.05, 0.1) is 5.69 Å². The summed E-state index contributed by atoms with van der Waals surface area (Å²) in [5, 5.41) is 7.35. The molecular weight excluding hydrogens is 687 g/mol. The minimum atomic E-state index is 0.906. The predicted octanol–water partition coefficient (Wildman–Crippen LogP) is 15.6. The highest BCUT2D eigenvalue weighted by molar-refractivity contribution is 7.25. The number of nitrogens with zero attached hydrogens (tertiary/aromatic N) is 1. The van der Waals surface area contributed by atoms with Crippen LogP contribution >= 0.6 is 11.3 Å². The molecule has 3 heteroatoms. The lowest BCUT2D eigenvalue weighted by Gasteiger charge is -2.29. The van der Waals surface area contributed by atoms with Gasteiger partial charge in [-0.25, -0.2) is 0 Å². The standard InChI is InChI=1S/C52H33NOS/c1-2-15-41-35(11-1)12-10-19-42(41)43-16-3-6-20-48(43)53(39-27-23-34(24-28-39)37-25-29-50-46(32-37)44-17-4-7-21-49(44)54-50)40-14-9-13-36(31-40)38-26-30-52-47(33-38)45-18-5-8-22-51(45)55-52/h1-33H. The Bertz CT molecular complexity index is 3220. The van der Waals surface area contributed by atoms with Crippen LogP contribution in [-0.4, -0.2) is 0 Å². The first-order valence-electron chi connectivity index (χ1n) is 18.7. The van der Waals surface area contributed by atoms with E-state index in [1.165, 1.54) is 53.2 Å². The van der Waals surface area contributed by atoms with Crippen molar-refractivity contribution < 1.29 is 4.42 Å². The first-order valence-corrected chi connectivity index (χ1v) is 19.5. The van der Waals surface area contributed by atoms with Crippen molar-refractivity contribution in [2.24, 2.45) is 0 Å². The van der Waals surface area contributed by atoms with E-state index in [1.54, 1.807) is 0 Å². The van der Waals surface area contributed by atoms with E-state index in [2.05, 4.69) is 193 Å². The highest BCUT2D eigenvalue weighted by Crippen LogP contribution is 2.44. The summed E-state index contributed by atoms with van der Waals surface area (Å²) in [5.74, 6) is 0. The maximum atomic E-state index is 6.14. The van der Waals surface area contributed by atoms with Gasteiger partial charge in [-0.1, -0.05) is 133 Å². The molecule has 11 rings (SSSR count). The highest BCUT2D eigenvalue weighted by atomic mass is 32.1. The summed E-state index contributed by atoms with van der Waals surface area (Å²) < 4.78 is 8.77. The smallest absolute Gasteiger partial charge is 0.135 e. The number of anilines is 3. The highest BCUT2D eigenvalue weighted by Gasteiger charge is 2.19. The minimum absolute atomic E-state index is 0.906. The summed E-state index contributed by atoms with van der Waals surface area (Å²) >= 11 is 1.86. The molecular formula is C52H33NOS. The van der Waals surface area contributed by atoms with E-state index in [1.807, 2.05) is 23.5 Å². The van der Waals surface area contributed by atoms with E-state index in [0.717, 1.165) is 50.1 Å². The molecule has 2 aromatic heterocycles. The molecule has 0 aliphatic carbocycles. The lowest BCUT2D eigenvalue weighted by molar-refractivity contribution is 0.669. The fourth-order valence-electron chi connectivity index (χ4n) is 8.22. The number of thiophene rings is 1. The summed E-state index contributed by atoms with van der Waals surface area (Å²) in [7, 11) is 0. The summed E-state index contributed by atoms with van der Waals surface area (Å²) in [5.41, 5.74) is 12.2. The Morgan fingerprint density at radius 1 is 0.345 bits per heavy atom. The fraction of sp³-hybridized carbons (Fsp3) is 0. The third kappa shape index (κ3) is 5.40. The number of furan rings is 1. The third-order valence-corrected chi connectivity index (χ3v) is 12.0. The van der Waals surface area contributed by atoms with Crippen LogP contribution in [0.3, 0.4) is 0 Å². The Labute approximate surface area is 322 Å². The molecule has 55 heavy (non-hydrogen) atoms. The van der Waals surface area contributed by atoms with Crippen LogP contribution in [0.15, 0.2) is 205 Å². The molecule has 0 amide bonds. The van der Waals surface area contributed by atoms with Crippen LogP contribution in [0.2, 0.25) is 0 Å². The largest absolute Gasteiger partial charge is 0.456 e. The fourth-order valence-corrected chi connectivity index (χ4v) is 9.31. The second-order valence-electron chi connectivity index (χ2n) is 14.1. The van der Waals surface area contributed by atoms with Gasteiger partial charge in [0.25, 0.3) is 0 Å². The number of hydrogen-bond donors (Lipinski definition) is 0. The van der Waals surface area contributed by atoms with Crippen LogP contribution in [0.25, 0.3) is 86.3 Å². The molecule has 0 saturated carbocycles. The summed E-state index contributed by atoms with van der Waals surface area (Å²) in [4.78, 5) is 2.41. The normalized spacial score (nSPS) is 11.6. The van der Waals surface area contributed by atoms with Crippen LogP contribution in [0.4, 0.5) is 17.1 Å². The summed E-state index contributed by atoms with van der Waals surface area (Å²) in [6.45, 7) is 0. The van der Waals surface area contributed by atoms with Crippen LogP contribution in [0.1, 0.15) is 0 Å². The zero-order chi connectivity index (χ0) is 36.3. The molecule has 2 heterocycles. The Morgan fingerprint density at radius 2 is 0.964 bits per heavy atom. The van der Waals surface area contributed by atoms with Crippen molar-refractivity contribution in [2.75, 3.05) is 4.90 Å². The molecule has 0 N–H and O–H groups in total. The van der Waals surface area contributed by atoms with Gasteiger partial charge in [0, 0.05) is 47.9 Å². The van der Waals surface area contributed by atoms with Gasteiger partial charge in [0.1, 0.15) is 11.2 Å². The molecule has 0 atom stereocenters.